The number of hydrogen-bond donors (Lipinski definition) is 1. The lowest BCUT2D eigenvalue weighted by Crippen LogP contribution is -2.05. The lowest BCUT2D eigenvalue weighted by molar-refractivity contribution is 0.0964. The van der Waals surface area contributed by atoms with E-state index < -0.39 is 11.6 Å². The molecule has 0 bridgehead atoms. The minimum Gasteiger partial charge on any atom is -0.505 e. The van der Waals surface area contributed by atoms with E-state index in [0.717, 1.165) is 5.56 Å². The van der Waals surface area contributed by atoms with E-state index in [1.54, 1.807) is 18.2 Å². The fourth-order valence-corrected chi connectivity index (χ4v) is 3.05. The molecule has 132 valence electrons. The van der Waals surface area contributed by atoms with Gasteiger partial charge in [-0.25, -0.2) is 4.39 Å². The number of carbonyl (C=O) groups excluding carboxylic acids is 1. The predicted octanol–water partition coefficient (Wildman–Crippen LogP) is 3.54. The molecule has 0 aliphatic heterocycles. The summed E-state index contributed by atoms with van der Waals surface area (Å²) in [6, 6.07) is 7.44. The van der Waals surface area contributed by atoms with Crippen LogP contribution in [0, 0.1) is 11.7 Å². The summed E-state index contributed by atoms with van der Waals surface area (Å²) in [7, 11) is 4.49. The molecule has 0 amide bonds. The molecule has 1 aliphatic carbocycles. The molecule has 0 spiro atoms. The van der Waals surface area contributed by atoms with Crippen LogP contribution in [0.4, 0.5) is 4.39 Å². The van der Waals surface area contributed by atoms with E-state index in [-0.39, 0.29) is 17.6 Å². The molecular formula is C19H19FO5. The summed E-state index contributed by atoms with van der Waals surface area (Å²) < 4.78 is 29.0. The Morgan fingerprint density at radius 2 is 1.72 bits per heavy atom. The maximum Gasteiger partial charge on any atom is 0.203 e. The van der Waals surface area contributed by atoms with E-state index in [4.69, 9.17) is 14.2 Å². The average Bonchev–Trinajstić information content (AvgIpc) is 3.42. The van der Waals surface area contributed by atoms with Gasteiger partial charge in [-0.15, -0.1) is 0 Å². The van der Waals surface area contributed by atoms with Crippen LogP contribution in [0.15, 0.2) is 30.3 Å². The van der Waals surface area contributed by atoms with E-state index in [9.17, 15) is 14.3 Å². The molecule has 1 fully saturated rings. The number of aromatic hydroxyl groups is 1. The van der Waals surface area contributed by atoms with Crippen LogP contribution in [0.2, 0.25) is 0 Å². The monoisotopic (exact) mass is 346 g/mol. The van der Waals surface area contributed by atoms with E-state index in [1.807, 2.05) is 0 Å². The van der Waals surface area contributed by atoms with Gasteiger partial charge in [0.05, 0.1) is 21.3 Å². The van der Waals surface area contributed by atoms with Gasteiger partial charge in [0, 0.05) is 11.5 Å². The molecule has 1 N–H and O–H groups in total. The first-order valence-corrected chi connectivity index (χ1v) is 7.82. The van der Waals surface area contributed by atoms with Crippen molar-refractivity contribution < 1.29 is 28.5 Å². The van der Waals surface area contributed by atoms with E-state index in [2.05, 4.69) is 0 Å². The molecular weight excluding hydrogens is 327 g/mol. The molecule has 0 saturated heterocycles. The number of methoxy groups -OCH3 is 3. The highest BCUT2D eigenvalue weighted by Gasteiger charge is 2.44. The summed E-state index contributed by atoms with van der Waals surface area (Å²) in [5.41, 5.74) is 1.22. The molecule has 1 aliphatic rings. The molecule has 0 aromatic heterocycles. The molecule has 6 heteroatoms. The molecule has 3 rings (SSSR count). The fraction of sp³-hybridized carbons (Fsp3) is 0.316. The number of phenolic OH excluding ortho intramolecular Hbond substituents is 1. The second-order valence-corrected chi connectivity index (χ2v) is 5.94. The van der Waals surface area contributed by atoms with Gasteiger partial charge in [0.25, 0.3) is 0 Å². The van der Waals surface area contributed by atoms with Crippen molar-refractivity contribution in [3.63, 3.8) is 0 Å². The second kappa shape index (κ2) is 6.63. The maximum absolute atomic E-state index is 13.2. The van der Waals surface area contributed by atoms with Gasteiger partial charge in [0.15, 0.2) is 28.8 Å². The molecule has 2 aromatic carbocycles. The number of carbonyl (C=O) groups is 1. The van der Waals surface area contributed by atoms with E-state index in [1.165, 1.54) is 33.5 Å². The average molecular weight is 346 g/mol. The van der Waals surface area contributed by atoms with Gasteiger partial charge < -0.3 is 19.3 Å². The number of benzene rings is 2. The van der Waals surface area contributed by atoms with Crippen molar-refractivity contribution in [2.75, 3.05) is 21.3 Å². The van der Waals surface area contributed by atoms with Crippen LogP contribution in [0.25, 0.3) is 0 Å². The van der Waals surface area contributed by atoms with Gasteiger partial charge in [-0.3, -0.25) is 4.79 Å². The Bertz CT molecular complexity index is 792. The third kappa shape index (κ3) is 3.12. The second-order valence-electron chi connectivity index (χ2n) is 5.94. The van der Waals surface area contributed by atoms with Crippen molar-refractivity contribution in [1.29, 1.82) is 0 Å². The van der Waals surface area contributed by atoms with Crippen molar-refractivity contribution in [3.8, 4) is 23.0 Å². The van der Waals surface area contributed by atoms with Crippen molar-refractivity contribution in [2.24, 2.45) is 5.92 Å². The first-order chi connectivity index (χ1) is 12.0. The van der Waals surface area contributed by atoms with Crippen LogP contribution >= 0.6 is 0 Å². The van der Waals surface area contributed by atoms with Gasteiger partial charge in [-0.2, -0.15) is 0 Å². The third-order valence-electron chi connectivity index (χ3n) is 4.47. The lowest BCUT2D eigenvalue weighted by Gasteiger charge is -2.13. The third-order valence-corrected chi connectivity index (χ3v) is 4.47. The smallest absolute Gasteiger partial charge is 0.203 e. The van der Waals surface area contributed by atoms with Gasteiger partial charge in [-0.05, 0) is 42.2 Å². The zero-order chi connectivity index (χ0) is 18.1. The van der Waals surface area contributed by atoms with E-state index >= 15 is 0 Å². The summed E-state index contributed by atoms with van der Waals surface area (Å²) in [5.74, 6) is -0.0971. The van der Waals surface area contributed by atoms with Crippen molar-refractivity contribution in [1.82, 2.24) is 0 Å². The lowest BCUT2D eigenvalue weighted by atomic mass is 10.0. The topological polar surface area (TPSA) is 65.0 Å². The van der Waals surface area contributed by atoms with Crippen molar-refractivity contribution >= 4 is 5.78 Å². The Labute approximate surface area is 144 Å². The van der Waals surface area contributed by atoms with Crippen LogP contribution in [-0.2, 0) is 0 Å². The summed E-state index contributed by atoms with van der Waals surface area (Å²) in [6.45, 7) is 0. The first kappa shape index (κ1) is 17.1. The molecule has 2 unspecified atom stereocenters. The minimum absolute atomic E-state index is 0.0295. The maximum atomic E-state index is 13.2. The zero-order valence-corrected chi connectivity index (χ0v) is 14.2. The highest BCUT2D eigenvalue weighted by atomic mass is 19.1. The number of Topliss-reactive ketones (excluding diaryl/α,β-unsaturated/α-hetero) is 1. The van der Waals surface area contributed by atoms with E-state index in [0.29, 0.717) is 29.2 Å². The fourth-order valence-electron chi connectivity index (χ4n) is 3.05. The van der Waals surface area contributed by atoms with Crippen molar-refractivity contribution in [3.05, 3.63) is 47.3 Å². The number of phenols is 1. The van der Waals surface area contributed by atoms with Crippen LogP contribution in [0.3, 0.4) is 0 Å². The predicted molar refractivity (Wildman–Crippen MR) is 89.3 cm³/mol. The van der Waals surface area contributed by atoms with Crippen LogP contribution in [0.1, 0.15) is 28.3 Å². The van der Waals surface area contributed by atoms with Crippen LogP contribution in [0.5, 0.6) is 23.0 Å². The quantitative estimate of drug-likeness (QED) is 0.811. The number of hydrogen-bond acceptors (Lipinski definition) is 5. The molecule has 0 heterocycles. The van der Waals surface area contributed by atoms with Crippen molar-refractivity contribution in [2.45, 2.75) is 12.3 Å². The molecule has 5 nitrogen and oxygen atoms in total. The summed E-state index contributed by atoms with van der Waals surface area (Å²) in [6.07, 6.45) is 0.653. The first-order valence-electron chi connectivity index (χ1n) is 7.82. The normalized spacial score (nSPS) is 18.6. The molecule has 25 heavy (non-hydrogen) atoms. The highest BCUT2D eigenvalue weighted by molar-refractivity contribution is 6.01. The number of ether oxygens (including phenoxy) is 3. The number of rotatable bonds is 6. The SMILES string of the molecule is COc1cc(C(=O)C2CC2c2ccc(F)c(O)c2)cc(OC)c1OC. The van der Waals surface area contributed by atoms with Gasteiger partial charge >= 0.3 is 0 Å². The number of halogens is 1. The summed E-state index contributed by atoms with van der Waals surface area (Å²) in [5, 5.41) is 9.51. The summed E-state index contributed by atoms with van der Waals surface area (Å²) in [4.78, 5) is 12.8. The van der Waals surface area contributed by atoms with Crippen LogP contribution < -0.4 is 14.2 Å². The van der Waals surface area contributed by atoms with Gasteiger partial charge in [-0.1, -0.05) is 6.07 Å². The Morgan fingerprint density at radius 1 is 1.08 bits per heavy atom. The Balaban J connectivity index is 1.86. The minimum atomic E-state index is -0.670. The summed E-state index contributed by atoms with van der Waals surface area (Å²) >= 11 is 0. The molecule has 2 atom stereocenters. The van der Waals surface area contributed by atoms with Crippen LogP contribution in [-0.4, -0.2) is 32.2 Å². The molecule has 1 saturated carbocycles. The Hall–Kier alpha value is -2.76. The Morgan fingerprint density at radius 3 is 2.24 bits per heavy atom. The van der Waals surface area contributed by atoms with Gasteiger partial charge in [0.2, 0.25) is 5.75 Å². The Kier molecular flexibility index (Phi) is 4.53. The standard InChI is InChI=1S/C19H19FO5/c1-23-16-7-11(8-17(24-2)19(16)25-3)18(22)13-9-12(13)10-4-5-14(20)15(21)6-10/h4-8,12-13,21H,9H2,1-3H3. The molecule has 0 radical (unpaired) electrons. The molecule has 2 aromatic rings. The zero-order valence-electron chi connectivity index (χ0n) is 14.2. The van der Waals surface area contributed by atoms with Gasteiger partial charge in [0.1, 0.15) is 0 Å². The number of ketones is 1. The largest absolute Gasteiger partial charge is 0.505 e. The highest BCUT2D eigenvalue weighted by Crippen LogP contribution is 2.50.